The summed E-state index contributed by atoms with van der Waals surface area (Å²) >= 11 is 5.77. The van der Waals surface area contributed by atoms with Crippen LogP contribution in [0.5, 0.6) is 5.75 Å². The van der Waals surface area contributed by atoms with Gasteiger partial charge in [0, 0.05) is 10.6 Å². The molecule has 0 bridgehead atoms. The van der Waals surface area contributed by atoms with E-state index in [2.05, 4.69) is 5.32 Å². The summed E-state index contributed by atoms with van der Waals surface area (Å²) in [5.41, 5.74) is 0.245. The van der Waals surface area contributed by atoms with E-state index in [1.165, 1.54) is 12.1 Å². The number of ether oxygens (including phenoxy) is 1. The van der Waals surface area contributed by atoms with Crippen LogP contribution >= 0.6 is 11.6 Å². The Hall–Kier alpha value is -2.60. The second-order valence-electron chi connectivity index (χ2n) is 4.75. The summed E-state index contributed by atoms with van der Waals surface area (Å²) in [5, 5.41) is 14.2. The summed E-state index contributed by atoms with van der Waals surface area (Å²) in [7, 11) is 0. The highest BCUT2D eigenvalue weighted by Gasteiger charge is 2.18. The van der Waals surface area contributed by atoms with Gasteiger partial charge in [-0.3, -0.25) is 14.9 Å². The molecule has 0 heterocycles. The van der Waals surface area contributed by atoms with Crippen molar-refractivity contribution in [1.82, 2.24) is 0 Å². The number of nitro benzene ring substituents is 1. The van der Waals surface area contributed by atoms with Crippen LogP contribution in [0.1, 0.15) is 23.7 Å². The Morgan fingerprint density at radius 3 is 2.57 bits per heavy atom. The summed E-state index contributed by atoms with van der Waals surface area (Å²) in [5.74, 6) is -0.0602. The molecule has 0 spiro atoms. The van der Waals surface area contributed by atoms with Gasteiger partial charge in [-0.1, -0.05) is 18.5 Å². The molecule has 23 heavy (non-hydrogen) atoms. The van der Waals surface area contributed by atoms with Gasteiger partial charge in [0.2, 0.25) is 0 Å². The number of rotatable bonds is 6. The molecule has 2 aromatic carbocycles. The zero-order valence-electron chi connectivity index (χ0n) is 12.4. The zero-order valence-corrected chi connectivity index (χ0v) is 13.2. The Kier molecular flexibility index (Phi) is 5.54. The number of benzene rings is 2. The summed E-state index contributed by atoms with van der Waals surface area (Å²) < 4.78 is 5.37. The average molecular weight is 335 g/mol. The van der Waals surface area contributed by atoms with Crippen LogP contribution in [0.15, 0.2) is 42.5 Å². The minimum Gasteiger partial charge on any atom is -0.493 e. The second kappa shape index (κ2) is 7.60. The molecule has 1 N–H and O–H groups in total. The van der Waals surface area contributed by atoms with E-state index in [0.717, 1.165) is 6.42 Å². The lowest BCUT2D eigenvalue weighted by Gasteiger charge is -2.09. The molecule has 2 aromatic rings. The van der Waals surface area contributed by atoms with Gasteiger partial charge in [0.25, 0.3) is 11.6 Å². The first-order valence-corrected chi connectivity index (χ1v) is 7.37. The lowest BCUT2D eigenvalue weighted by molar-refractivity contribution is -0.384. The first-order chi connectivity index (χ1) is 11.0. The minimum atomic E-state index is -0.559. The molecule has 7 heteroatoms. The number of nitrogens with one attached hydrogen (secondary N) is 1. The third-order valence-corrected chi connectivity index (χ3v) is 3.25. The van der Waals surface area contributed by atoms with Gasteiger partial charge in [0.15, 0.2) is 0 Å². The van der Waals surface area contributed by atoms with Crippen LogP contribution in [0, 0.1) is 10.1 Å². The molecule has 2 rings (SSSR count). The molecule has 0 saturated heterocycles. The molecule has 6 nitrogen and oxygen atoms in total. The minimum absolute atomic E-state index is 0.110. The molecule has 0 aromatic heterocycles. The molecule has 0 saturated carbocycles. The fraction of sp³-hybridized carbons (Fsp3) is 0.188. The predicted octanol–water partition coefficient (Wildman–Crippen LogP) is 4.29. The van der Waals surface area contributed by atoms with Gasteiger partial charge >= 0.3 is 0 Å². The summed E-state index contributed by atoms with van der Waals surface area (Å²) in [6.07, 6.45) is 0.794. The summed E-state index contributed by atoms with van der Waals surface area (Å²) in [4.78, 5) is 22.8. The normalized spacial score (nSPS) is 10.2. The maximum absolute atomic E-state index is 12.1. The van der Waals surface area contributed by atoms with E-state index in [-0.39, 0.29) is 11.4 Å². The van der Waals surface area contributed by atoms with Gasteiger partial charge < -0.3 is 10.1 Å². The van der Waals surface area contributed by atoms with Gasteiger partial charge in [-0.05, 0) is 42.8 Å². The monoisotopic (exact) mass is 334 g/mol. The van der Waals surface area contributed by atoms with Gasteiger partial charge in [-0.15, -0.1) is 0 Å². The molecule has 0 aliphatic heterocycles. The van der Waals surface area contributed by atoms with E-state index >= 15 is 0 Å². The lowest BCUT2D eigenvalue weighted by atomic mass is 10.2. The van der Waals surface area contributed by atoms with E-state index in [1.807, 2.05) is 6.92 Å². The van der Waals surface area contributed by atoms with E-state index in [4.69, 9.17) is 16.3 Å². The number of carbonyl (C=O) groups excluding carboxylic acids is 1. The van der Waals surface area contributed by atoms with E-state index in [0.29, 0.717) is 22.9 Å². The van der Waals surface area contributed by atoms with Crippen LogP contribution in [0.4, 0.5) is 11.4 Å². The highest BCUT2D eigenvalue weighted by molar-refractivity contribution is 6.30. The Labute approximate surface area is 138 Å². The maximum atomic E-state index is 12.1. The number of amides is 1. The van der Waals surface area contributed by atoms with Crippen LogP contribution in [0.25, 0.3) is 0 Å². The van der Waals surface area contributed by atoms with Crippen LogP contribution in [0.3, 0.4) is 0 Å². The third kappa shape index (κ3) is 4.43. The quantitative estimate of drug-likeness (QED) is 0.631. The van der Waals surface area contributed by atoms with Crippen molar-refractivity contribution in [1.29, 1.82) is 0 Å². The van der Waals surface area contributed by atoms with Crippen LogP contribution < -0.4 is 10.1 Å². The first kappa shape index (κ1) is 16.8. The van der Waals surface area contributed by atoms with Crippen molar-refractivity contribution in [3.05, 3.63) is 63.2 Å². The molecule has 0 unspecified atom stereocenters. The molecule has 1 amide bonds. The predicted molar refractivity (Wildman–Crippen MR) is 88.3 cm³/mol. The van der Waals surface area contributed by atoms with Crippen LogP contribution in [0.2, 0.25) is 5.02 Å². The van der Waals surface area contributed by atoms with E-state index < -0.39 is 10.8 Å². The van der Waals surface area contributed by atoms with E-state index in [1.54, 1.807) is 30.3 Å². The average Bonchev–Trinajstić information content (AvgIpc) is 2.54. The fourth-order valence-electron chi connectivity index (χ4n) is 1.87. The molecule has 120 valence electrons. The topological polar surface area (TPSA) is 81.5 Å². The van der Waals surface area contributed by atoms with Crippen molar-refractivity contribution in [2.45, 2.75) is 13.3 Å². The Morgan fingerprint density at radius 2 is 1.96 bits per heavy atom. The number of nitro groups is 1. The number of hydrogen-bond acceptors (Lipinski definition) is 4. The summed E-state index contributed by atoms with van der Waals surface area (Å²) in [6, 6.07) is 10.6. The standard InChI is InChI=1S/C16H15ClN2O4/c1-2-9-23-13-7-8-14(15(10-13)19(21)22)18-16(20)11-3-5-12(17)6-4-11/h3-8,10H,2,9H2,1H3,(H,18,20). The fourth-order valence-corrected chi connectivity index (χ4v) is 2.00. The molecule has 0 atom stereocenters. The van der Waals surface area contributed by atoms with Crippen LogP contribution in [-0.2, 0) is 0 Å². The van der Waals surface area contributed by atoms with Crippen LogP contribution in [-0.4, -0.2) is 17.4 Å². The molecule has 0 radical (unpaired) electrons. The smallest absolute Gasteiger partial charge is 0.296 e. The Balaban J connectivity index is 2.22. The molecule has 0 fully saturated rings. The maximum Gasteiger partial charge on any atom is 0.296 e. The number of anilines is 1. The molecule has 0 aliphatic carbocycles. The Morgan fingerprint density at radius 1 is 1.26 bits per heavy atom. The molecular weight excluding hydrogens is 320 g/mol. The third-order valence-electron chi connectivity index (χ3n) is 2.99. The van der Waals surface area contributed by atoms with Gasteiger partial charge in [0.05, 0.1) is 17.6 Å². The van der Waals surface area contributed by atoms with Crippen molar-refractivity contribution in [2.75, 3.05) is 11.9 Å². The Bertz CT molecular complexity index is 717. The van der Waals surface area contributed by atoms with Crippen molar-refractivity contribution < 1.29 is 14.5 Å². The second-order valence-corrected chi connectivity index (χ2v) is 5.18. The first-order valence-electron chi connectivity index (χ1n) is 6.99. The number of hydrogen-bond donors (Lipinski definition) is 1. The zero-order chi connectivity index (χ0) is 16.8. The number of halogens is 1. The van der Waals surface area contributed by atoms with E-state index in [9.17, 15) is 14.9 Å². The van der Waals surface area contributed by atoms with Crippen molar-refractivity contribution in [3.63, 3.8) is 0 Å². The van der Waals surface area contributed by atoms with Gasteiger partial charge in [-0.2, -0.15) is 0 Å². The highest BCUT2D eigenvalue weighted by Crippen LogP contribution is 2.29. The van der Waals surface area contributed by atoms with Gasteiger partial charge in [0.1, 0.15) is 11.4 Å². The SMILES string of the molecule is CCCOc1ccc(NC(=O)c2ccc(Cl)cc2)c([N+](=O)[O-])c1. The lowest BCUT2D eigenvalue weighted by Crippen LogP contribution is -2.13. The molecule has 0 aliphatic rings. The number of nitrogens with zero attached hydrogens (tertiary/aromatic N) is 1. The highest BCUT2D eigenvalue weighted by atomic mass is 35.5. The summed E-state index contributed by atoms with van der Waals surface area (Å²) in [6.45, 7) is 2.41. The van der Waals surface area contributed by atoms with Crippen molar-refractivity contribution >= 4 is 28.9 Å². The largest absolute Gasteiger partial charge is 0.493 e. The van der Waals surface area contributed by atoms with Gasteiger partial charge in [-0.25, -0.2) is 0 Å². The molecular formula is C16H15ClN2O4. The van der Waals surface area contributed by atoms with Crippen molar-refractivity contribution in [2.24, 2.45) is 0 Å². The number of carbonyl (C=O) groups is 1. The van der Waals surface area contributed by atoms with Crippen molar-refractivity contribution in [3.8, 4) is 5.75 Å².